The topological polar surface area (TPSA) is 136 Å². The van der Waals surface area contributed by atoms with Crippen molar-refractivity contribution < 1.29 is 23.4 Å². The molecular formula is C13H9BrFN5O5S. The van der Waals surface area contributed by atoms with Gasteiger partial charge in [-0.2, -0.15) is 0 Å². The van der Waals surface area contributed by atoms with E-state index in [1.165, 1.54) is 18.2 Å². The fourth-order valence-corrected chi connectivity index (χ4v) is 3.08. The quantitative estimate of drug-likeness (QED) is 0.431. The molecule has 1 amide bonds. The number of carbonyl (C=O) groups is 1. The molecule has 0 radical (unpaired) electrons. The van der Waals surface area contributed by atoms with Gasteiger partial charge in [-0.1, -0.05) is 16.9 Å². The molecule has 0 saturated carbocycles. The van der Waals surface area contributed by atoms with Crippen LogP contribution in [0.4, 0.5) is 9.18 Å². The number of nitrogens with zero attached hydrogens (tertiary/aromatic N) is 4. The molecule has 3 rings (SSSR count). The van der Waals surface area contributed by atoms with Crippen molar-refractivity contribution in [3.05, 3.63) is 39.0 Å². The summed E-state index contributed by atoms with van der Waals surface area (Å²) in [7, 11) is 0. The van der Waals surface area contributed by atoms with E-state index in [-0.39, 0.29) is 22.5 Å². The normalized spacial score (nSPS) is 10.8. The Morgan fingerprint density at radius 1 is 1.38 bits per heavy atom. The van der Waals surface area contributed by atoms with Crippen molar-refractivity contribution in [1.29, 1.82) is 0 Å². The number of nitrogens with one attached hydrogen (secondary N) is 1. The van der Waals surface area contributed by atoms with E-state index in [0.717, 1.165) is 16.3 Å². The minimum Gasteiger partial charge on any atom is -0.465 e. The Hall–Kier alpha value is -2.67. The zero-order chi connectivity index (χ0) is 18.7. The summed E-state index contributed by atoms with van der Waals surface area (Å²) in [6.45, 7) is 0.169. The van der Waals surface area contributed by atoms with Crippen molar-refractivity contribution in [2.24, 2.45) is 0 Å². The first-order valence-corrected chi connectivity index (χ1v) is 8.72. The minimum atomic E-state index is -1.14. The highest BCUT2D eigenvalue weighted by atomic mass is 79.9. The third kappa shape index (κ3) is 3.77. The Labute approximate surface area is 156 Å². The molecule has 0 unspecified atom stereocenters. The van der Waals surface area contributed by atoms with Gasteiger partial charge >= 0.3 is 11.8 Å². The molecule has 0 aliphatic carbocycles. The van der Waals surface area contributed by atoms with Gasteiger partial charge in [0.25, 0.3) is 0 Å². The number of amides is 1. The predicted octanol–water partition coefficient (Wildman–Crippen LogP) is 2.14. The van der Waals surface area contributed by atoms with Gasteiger partial charge < -0.3 is 10.4 Å². The molecule has 2 aromatic heterocycles. The summed E-state index contributed by atoms with van der Waals surface area (Å²) in [6, 6.07) is 3.94. The summed E-state index contributed by atoms with van der Waals surface area (Å²) in [5.74, 6) is -0.934. The molecule has 0 bridgehead atoms. The van der Waals surface area contributed by atoms with Crippen molar-refractivity contribution in [1.82, 2.24) is 25.4 Å². The third-order valence-corrected chi connectivity index (χ3v) is 4.61. The Kier molecular flexibility index (Phi) is 5.37. The fourth-order valence-electron chi connectivity index (χ4n) is 1.97. The minimum absolute atomic E-state index is 0.0171. The van der Waals surface area contributed by atoms with E-state index >= 15 is 0 Å². The van der Waals surface area contributed by atoms with Crippen LogP contribution in [0, 0.1) is 5.82 Å². The van der Waals surface area contributed by atoms with Gasteiger partial charge in [-0.15, -0.1) is 0 Å². The molecule has 3 aromatic rings. The van der Waals surface area contributed by atoms with Gasteiger partial charge in [-0.3, -0.25) is 4.52 Å². The summed E-state index contributed by atoms with van der Waals surface area (Å²) in [6.07, 6.45) is -1.14. The van der Waals surface area contributed by atoms with Crippen molar-refractivity contribution in [3.63, 3.8) is 0 Å². The van der Waals surface area contributed by atoms with Gasteiger partial charge in [0.15, 0.2) is 10.7 Å². The lowest BCUT2D eigenvalue weighted by Crippen LogP contribution is -2.23. The number of halogens is 2. The van der Waals surface area contributed by atoms with Crippen molar-refractivity contribution in [2.45, 2.75) is 5.03 Å². The van der Waals surface area contributed by atoms with Gasteiger partial charge in [0.05, 0.1) is 10.2 Å². The first-order valence-electron chi connectivity index (χ1n) is 6.94. The number of rotatable bonds is 6. The predicted molar refractivity (Wildman–Crippen MR) is 89.8 cm³/mol. The zero-order valence-corrected chi connectivity index (χ0v) is 15.1. The van der Waals surface area contributed by atoms with E-state index in [1.807, 2.05) is 0 Å². The SMILES string of the molecule is O=C(O)NCCSc1nonc1-c1noc(=O)n1-c1ccc(F)c(Br)c1. The molecule has 0 aliphatic heterocycles. The van der Waals surface area contributed by atoms with Crippen molar-refractivity contribution in [2.75, 3.05) is 12.3 Å². The van der Waals surface area contributed by atoms with Gasteiger partial charge in [0.1, 0.15) is 5.82 Å². The zero-order valence-electron chi connectivity index (χ0n) is 12.7. The van der Waals surface area contributed by atoms with Crippen molar-refractivity contribution >= 4 is 33.8 Å². The van der Waals surface area contributed by atoms with Crippen LogP contribution in [0.25, 0.3) is 17.2 Å². The smallest absolute Gasteiger partial charge is 0.446 e. The Morgan fingerprint density at radius 2 is 2.19 bits per heavy atom. The van der Waals surface area contributed by atoms with E-state index in [1.54, 1.807) is 0 Å². The number of benzene rings is 1. The summed E-state index contributed by atoms with van der Waals surface area (Å²) in [5.41, 5.74) is 0.433. The average molecular weight is 446 g/mol. The molecule has 1 aromatic carbocycles. The molecule has 0 spiro atoms. The second-order valence-corrected chi connectivity index (χ2v) is 6.64. The van der Waals surface area contributed by atoms with Gasteiger partial charge in [0.2, 0.25) is 5.82 Å². The summed E-state index contributed by atoms with van der Waals surface area (Å²) >= 11 is 4.20. The number of thioether (sulfide) groups is 1. The van der Waals surface area contributed by atoms with E-state index in [0.29, 0.717) is 16.5 Å². The number of carboxylic acid groups (broad SMARTS) is 1. The van der Waals surface area contributed by atoms with Crippen LogP contribution in [-0.2, 0) is 0 Å². The second-order valence-electron chi connectivity index (χ2n) is 4.70. The van der Waals surface area contributed by atoms with E-state index < -0.39 is 17.7 Å². The number of aromatic nitrogens is 4. The molecule has 10 nitrogen and oxygen atoms in total. The van der Waals surface area contributed by atoms with Crippen LogP contribution >= 0.6 is 27.7 Å². The highest BCUT2D eigenvalue weighted by Gasteiger charge is 2.23. The number of hydrogen-bond acceptors (Lipinski definition) is 8. The lowest BCUT2D eigenvalue weighted by Gasteiger charge is -2.04. The molecular weight excluding hydrogens is 437 g/mol. The van der Waals surface area contributed by atoms with Gasteiger partial charge in [0, 0.05) is 12.3 Å². The second kappa shape index (κ2) is 7.70. The Morgan fingerprint density at radius 3 is 2.92 bits per heavy atom. The highest BCUT2D eigenvalue weighted by molar-refractivity contribution is 9.10. The van der Waals surface area contributed by atoms with Crippen LogP contribution in [0.3, 0.4) is 0 Å². The van der Waals surface area contributed by atoms with E-state index in [4.69, 9.17) is 14.3 Å². The molecule has 13 heteroatoms. The van der Waals surface area contributed by atoms with Crippen LogP contribution in [0.5, 0.6) is 0 Å². The molecule has 2 N–H and O–H groups in total. The maximum Gasteiger partial charge on any atom is 0.446 e. The highest BCUT2D eigenvalue weighted by Crippen LogP contribution is 2.28. The molecule has 26 heavy (non-hydrogen) atoms. The summed E-state index contributed by atoms with van der Waals surface area (Å²) in [5, 5.41) is 22.2. The first-order chi connectivity index (χ1) is 12.5. The maximum absolute atomic E-state index is 13.4. The number of hydrogen-bond donors (Lipinski definition) is 2. The Balaban J connectivity index is 1.92. The van der Waals surface area contributed by atoms with Crippen LogP contribution in [0.2, 0.25) is 0 Å². The maximum atomic E-state index is 13.4. The molecule has 0 fully saturated rings. The van der Waals surface area contributed by atoms with Crippen LogP contribution in [-0.4, -0.2) is 43.5 Å². The average Bonchev–Trinajstić information content (AvgIpc) is 3.20. The summed E-state index contributed by atoms with van der Waals surface area (Å²) < 4.78 is 24.1. The van der Waals surface area contributed by atoms with Crippen LogP contribution in [0.15, 0.2) is 41.6 Å². The van der Waals surface area contributed by atoms with E-state index in [9.17, 15) is 14.0 Å². The van der Waals surface area contributed by atoms with E-state index in [2.05, 4.69) is 36.7 Å². The first kappa shape index (κ1) is 18.1. The monoisotopic (exact) mass is 445 g/mol. The van der Waals surface area contributed by atoms with Crippen LogP contribution in [0.1, 0.15) is 0 Å². The molecule has 2 heterocycles. The molecule has 0 aliphatic rings. The summed E-state index contributed by atoms with van der Waals surface area (Å²) in [4.78, 5) is 22.5. The Bertz CT molecular complexity index is 1000. The fraction of sp³-hybridized carbons (Fsp3) is 0.154. The van der Waals surface area contributed by atoms with Gasteiger partial charge in [-0.05, 0) is 44.4 Å². The van der Waals surface area contributed by atoms with Crippen LogP contribution < -0.4 is 11.1 Å². The molecule has 0 saturated heterocycles. The molecule has 136 valence electrons. The standard InChI is InChI=1S/C13H9BrFN5O5S/c14-7-5-6(1-2-8(7)15)20-10(18-24-13(20)23)9-11(19-25-17-9)26-4-3-16-12(21)22/h1-2,5,16H,3-4H2,(H,21,22). The lowest BCUT2D eigenvalue weighted by atomic mass is 10.3. The van der Waals surface area contributed by atoms with Crippen molar-refractivity contribution in [3.8, 4) is 17.2 Å². The molecule has 0 atom stereocenters. The lowest BCUT2D eigenvalue weighted by molar-refractivity contribution is 0.195. The largest absolute Gasteiger partial charge is 0.465 e. The van der Waals surface area contributed by atoms with Gasteiger partial charge in [-0.25, -0.2) is 23.2 Å². The third-order valence-electron chi connectivity index (χ3n) is 3.05.